The van der Waals surface area contributed by atoms with Crippen LogP contribution < -0.4 is 19.1 Å². The van der Waals surface area contributed by atoms with Gasteiger partial charge >= 0.3 is 0 Å². The Morgan fingerprint density at radius 3 is 1.58 bits per heavy atom. The summed E-state index contributed by atoms with van der Waals surface area (Å²) in [7, 11) is 4.91. The van der Waals surface area contributed by atoms with Gasteiger partial charge in [0, 0.05) is 0 Å². The normalized spacial score (nSPS) is 10.3. The van der Waals surface area contributed by atoms with Crippen molar-refractivity contribution in [3.8, 4) is 17.2 Å². The van der Waals surface area contributed by atoms with Crippen molar-refractivity contribution in [1.82, 2.24) is 0 Å². The number of benzene rings is 3. The molecule has 5 heteroatoms. The molecule has 0 radical (unpaired) electrons. The topological polar surface area (TPSA) is 30.9 Å². The van der Waals surface area contributed by atoms with E-state index in [0.29, 0.717) is 28.0 Å². The van der Waals surface area contributed by atoms with Crippen molar-refractivity contribution in [1.29, 1.82) is 0 Å². The summed E-state index contributed by atoms with van der Waals surface area (Å²) in [5.74, 6) is 2.06. The smallest absolute Gasteiger partial charge is 0.144 e. The van der Waals surface area contributed by atoms with Crippen LogP contribution in [0.15, 0.2) is 66.7 Å². The van der Waals surface area contributed by atoms with E-state index in [0.717, 1.165) is 11.4 Å². The zero-order chi connectivity index (χ0) is 18.5. The molecule has 0 fully saturated rings. The average molecular weight is 370 g/mol. The molecule has 4 nitrogen and oxygen atoms in total. The van der Waals surface area contributed by atoms with Gasteiger partial charge in [-0.3, -0.25) is 4.90 Å². The van der Waals surface area contributed by atoms with E-state index >= 15 is 0 Å². The van der Waals surface area contributed by atoms with E-state index in [1.165, 1.54) is 0 Å². The fraction of sp³-hybridized carbons (Fsp3) is 0.143. The minimum atomic E-state index is 0.557. The first-order valence-electron chi connectivity index (χ1n) is 8.10. The number of anilines is 3. The Labute approximate surface area is 158 Å². The van der Waals surface area contributed by atoms with Crippen LogP contribution in [0.25, 0.3) is 0 Å². The van der Waals surface area contributed by atoms with E-state index in [2.05, 4.69) is 0 Å². The number of halogens is 1. The fourth-order valence-corrected chi connectivity index (χ4v) is 3.13. The fourth-order valence-electron chi connectivity index (χ4n) is 2.88. The third-order valence-corrected chi connectivity index (χ3v) is 4.35. The van der Waals surface area contributed by atoms with Crippen molar-refractivity contribution in [2.45, 2.75) is 0 Å². The van der Waals surface area contributed by atoms with Gasteiger partial charge in [-0.1, -0.05) is 41.9 Å². The molecule has 0 heterocycles. The van der Waals surface area contributed by atoms with Crippen LogP contribution in [-0.4, -0.2) is 21.3 Å². The first kappa shape index (κ1) is 18.0. The summed E-state index contributed by atoms with van der Waals surface area (Å²) < 4.78 is 16.8. The van der Waals surface area contributed by atoms with Gasteiger partial charge in [0.05, 0.1) is 37.7 Å². The molecule has 0 aliphatic heterocycles. The molecule has 0 spiro atoms. The summed E-state index contributed by atoms with van der Waals surface area (Å²) in [5, 5.41) is 0.557. The minimum Gasteiger partial charge on any atom is -0.495 e. The number of hydrogen-bond acceptors (Lipinski definition) is 4. The van der Waals surface area contributed by atoms with Crippen LogP contribution in [0.1, 0.15) is 0 Å². The molecule has 0 saturated carbocycles. The van der Waals surface area contributed by atoms with Crippen molar-refractivity contribution in [3.05, 3.63) is 71.8 Å². The van der Waals surface area contributed by atoms with Crippen molar-refractivity contribution in [2.75, 3.05) is 26.2 Å². The Bertz CT molecular complexity index is 850. The molecule has 0 atom stereocenters. The Hall–Kier alpha value is -2.85. The van der Waals surface area contributed by atoms with Gasteiger partial charge in [-0.25, -0.2) is 0 Å². The lowest BCUT2D eigenvalue weighted by atomic mass is 10.1. The number of nitrogens with zero attached hydrogens (tertiary/aromatic N) is 1. The zero-order valence-electron chi connectivity index (χ0n) is 14.9. The lowest BCUT2D eigenvalue weighted by Crippen LogP contribution is -2.14. The second-order valence-corrected chi connectivity index (χ2v) is 5.88. The average Bonchev–Trinajstić information content (AvgIpc) is 2.70. The van der Waals surface area contributed by atoms with Crippen LogP contribution in [0.5, 0.6) is 17.2 Å². The second kappa shape index (κ2) is 8.02. The molecule has 0 aromatic heterocycles. The molecule has 0 bridgehead atoms. The van der Waals surface area contributed by atoms with Gasteiger partial charge in [0.1, 0.15) is 22.9 Å². The number of ether oxygens (including phenoxy) is 3. The third-order valence-electron chi connectivity index (χ3n) is 4.05. The number of hydrogen-bond donors (Lipinski definition) is 0. The maximum Gasteiger partial charge on any atom is 0.144 e. The van der Waals surface area contributed by atoms with Gasteiger partial charge in [-0.2, -0.15) is 0 Å². The Morgan fingerprint density at radius 2 is 1.08 bits per heavy atom. The molecule has 0 aliphatic rings. The monoisotopic (exact) mass is 369 g/mol. The van der Waals surface area contributed by atoms with Gasteiger partial charge in [0.25, 0.3) is 0 Å². The highest BCUT2D eigenvalue weighted by atomic mass is 35.5. The van der Waals surface area contributed by atoms with Crippen LogP contribution >= 0.6 is 11.6 Å². The maximum absolute atomic E-state index is 6.59. The molecule has 3 aromatic rings. The SMILES string of the molecule is COc1ccccc1N(c1ccccc1OC)c1c(Cl)cccc1OC. The summed E-state index contributed by atoms with van der Waals surface area (Å²) >= 11 is 6.59. The Kier molecular flexibility index (Phi) is 5.54. The van der Waals surface area contributed by atoms with Crippen LogP contribution in [-0.2, 0) is 0 Å². The second-order valence-electron chi connectivity index (χ2n) is 5.47. The van der Waals surface area contributed by atoms with E-state index in [9.17, 15) is 0 Å². The number of para-hydroxylation sites is 5. The van der Waals surface area contributed by atoms with Gasteiger partial charge in [-0.05, 0) is 36.4 Å². The summed E-state index contributed by atoms with van der Waals surface area (Å²) in [5.41, 5.74) is 2.36. The quantitative estimate of drug-likeness (QED) is 0.546. The molecule has 0 N–H and O–H groups in total. The molecule has 3 rings (SSSR count). The van der Waals surface area contributed by atoms with Crippen LogP contribution in [0.3, 0.4) is 0 Å². The zero-order valence-corrected chi connectivity index (χ0v) is 15.7. The first-order valence-corrected chi connectivity index (χ1v) is 8.47. The molecule has 3 aromatic carbocycles. The highest BCUT2D eigenvalue weighted by Gasteiger charge is 2.24. The van der Waals surface area contributed by atoms with Crippen molar-refractivity contribution in [3.63, 3.8) is 0 Å². The van der Waals surface area contributed by atoms with Gasteiger partial charge in [0.2, 0.25) is 0 Å². The highest BCUT2D eigenvalue weighted by Crippen LogP contribution is 2.49. The van der Waals surface area contributed by atoms with Crippen LogP contribution in [0.4, 0.5) is 17.1 Å². The Morgan fingerprint density at radius 1 is 0.615 bits per heavy atom. The largest absolute Gasteiger partial charge is 0.495 e. The summed E-state index contributed by atoms with van der Waals surface area (Å²) in [4.78, 5) is 1.98. The number of methoxy groups -OCH3 is 3. The van der Waals surface area contributed by atoms with Crippen LogP contribution in [0, 0.1) is 0 Å². The van der Waals surface area contributed by atoms with Crippen molar-refractivity contribution < 1.29 is 14.2 Å². The van der Waals surface area contributed by atoms with E-state index < -0.39 is 0 Å². The highest BCUT2D eigenvalue weighted by molar-refractivity contribution is 6.34. The minimum absolute atomic E-state index is 0.557. The molecule has 0 saturated heterocycles. The lowest BCUT2D eigenvalue weighted by molar-refractivity contribution is 0.409. The molecule has 0 amide bonds. The van der Waals surface area contributed by atoms with Gasteiger partial charge < -0.3 is 14.2 Å². The lowest BCUT2D eigenvalue weighted by Gasteiger charge is -2.30. The first-order chi connectivity index (χ1) is 12.7. The van der Waals surface area contributed by atoms with Crippen molar-refractivity contribution >= 4 is 28.7 Å². The van der Waals surface area contributed by atoms with E-state index in [1.54, 1.807) is 21.3 Å². The maximum atomic E-state index is 6.59. The predicted molar refractivity (Wildman–Crippen MR) is 106 cm³/mol. The molecule has 0 unspecified atom stereocenters. The van der Waals surface area contributed by atoms with E-state index in [4.69, 9.17) is 25.8 Å². The number of rotatable bonds is 6. The van der Waals surface area contributed by atoms with Crippen LogP contribution in [0.2, 0.25) is 5.02 Å². The molecule has 134 valence electrons. The molecular weight excluding hydrogens is 350 g/mol. The summed E-state index contributed by atoms with van der Waals surface area (Å²) in [6.07, 6.45) is 0. The van der Waals surface area contributed by atoms with E-state index in [-0.39, 0.29) is 0 Å². The summed E-state index contributed by atoms with van der Waals surface area (Å²) in [6.45, 7) is 0. The van der Waals surface area contributed by atoms with Gasteiger partial charge in [0.15, 0.2) is 0 Å². The summed E-state index contributed by atoms with van der Waals surface area (Å²) in [6, 6.07) is 21.0. The third kappa shape index (κ3) is 3.28. The van der Waals surface area contributed by atoms with E-state index in [1.807, 2.05) is 71.6 Å². The molecule has 26 heavy (non-hydrogen) atoms. The molecule has 0 aliphatic carbocycles. The Balaban J connectivity index is 2.35. The van der Waals surface area contributed by atoms with Gasteiger partial charge in [-0.15, -0.1) is 0 Å². The predicted octanol–water partition coefficient (Wildman–Crippen LogP) is 5.84. The van der Waals surface area contributed by atoms with Crippen molar-refractivity contribution in [2.24, 2.45) is 0 Å². The molecular formula is C21H20ClNO3. The standard InChI is InChI=1S/C21H20ClNO3/c1-24-18-12-6-4-10-16(18)23(17-11-5-7-13-19(17)25-2)21-15(22)9-8-14-20(21)26-3/h4-14H,1-3H3.